The minimum atomic E-state index is -0.868. The van der Waals surface area contributed by atoms with Crippen LogP contribution in [0.15, 0.2) is 42.5 Å². The highest BCUT2D eigenvalue weighted by Crippen LogP contribution is 2.76. The lowest BCUT2D eigenvalue weighted by molar-refractivity contribution is -0.219. The van der Waals surface area contributed by atoms with E-state index in [9.17, 15) is 14.7 Å². The van der Waals surface area contributed by atoms with Gasteiger partial charge >= 0.3 is 5.97 Å². The number of carbonyl (C=O) groups is 2. The SMILES string of the molecule is C=C(C)[C@@H]1CC[C@]2(NC(=O)CN3CCN(CC)CC3)CC[C@]3(C)[C@H](CC[C@@H]4[C@@]5(C)CC=C(c6ccc(C(=O)O)cc6)C(C)(C)[C@@H]5CC[C@]43C)[C@@H]12. The number of nitrogens with zero attached hydrogens (tertiary/aromatic N) is 2. The van der Waals surface area contributed by atoms with Crippen LogP contribution in [-0.2, 0) is 4.79 Å². The van der Waals surface area contributed by atoms with Crippen molar-refractivity contribution in [2.24, 2.45) is 51.2 Å². The number of hydrogen-bond acceptors (Lipinski definition) is 4. The Morgan fingerprint density at radius 3 is 2.18 bits per heavy atom. The molecule has 1 aromatic carbocycles. The van der Waals surface area contributed by atoms with Gasteiger partial charge in [0.25, 0.3) is 0 Å². The molecule has 1 amide bonds. The van der Waals surface area contributed by atoms with Gasteiger partial charge in [0.15, 0.2) is 0 Å². The average molecular weight is 684 g/mol. The van der Waals surface area contributed by atoms with E-state index < -0.39 is 5.97 Å². The van der Waals surface area contributed by atoms with Crippen molar-refractivity contribution in [3.05, 3.63) is 53.6 Å². The maximum Gasteiger partial charge on any atom is 0.335 e. The van der Waals surface area contributed by atoms with Gasteiger partial charge in [-0.3, -0.25) is 9.69 Å². The lowest BCUT2D eigenvalue weighted by atomic mass is 9.33. The normalized spacial score (nSPS) is 41.2. The number of likely N-dealkylation sites (N-methyl/N-ethyl adjacent to an activating group) is 1. The number of allylic oxidation sites excluding steroid dienone is 3. The number of benzene rings is 1. The molecule has 7 rings (SSSR count). The average Bonchev–Trinajstić information content (AvgIpc) is 3.44. The molecule has 6 heteroatoms. The Bertz CT molecular complexity index is 1540. The van der Waals surface area contributed by atoms with Crippen LogP contribution in [0.1, 0.15) is 122 Å². The Morgan fingerprint density at radius 2 is 1.54 bits per heavy atom. The molecule has 0 spiro atoms. The predicted molar refractivity (Wildman–Crippen MR) is 203 cm³/mol. The van der Waals surface area contributed by atoms with Crippen molar-refractivity contribution >= 4 is 17.4 Å². The van der Waals surface area contributed by atoms with E-state index in [0.29, 0.717) is 41.7 Å². The van der Waals surface area contributed by atoms with Gasteiger partial charge in [-0.05, 0) is 146 Å². The highest BCUT2D eigenvalue weighted by atomic mass is 16.4. The van der Waals surface area contributed by atoms with Gasteiger partial charge < -0.3 is 15.3 Å². The third-order valence-electron chi connectivity index (χ3n) is 16.8. The number of amides is 1. The fourth-order valence-corrected chi connectivity index (χ4v) is 14.0. The number of piperazine rings is 1. The largest absolute Gasteiger partial charge is 0.478 e. The molecule has 5 aliphatic carbocycles. The van der Waals surface area contributed by atoms with E-state index >= 15 is 0 Å². The molecule has 4 saturated carbocycles. The van der Waals surface area contributed by atoms with Crippen LogP contribution in [0.3, 0.4) is 0 Å². The van der Waals surface area contributed by atoms with Crippen molar-refractivity contribution in [1.29, 1.82) is 0 Å². The van der Waals surface area contributed by atoms with E-state index in [0.717, 1.165) is 58.4 Å². The van der Waals surface area contributed by atoms with Crippen molar-refractivity contribution in [1.82, 2.24) is 15.1 Å². The smallest absolute Gasteiger partial charge is 0.335 e. The molecular formula is C44H65N3O3. The lowest BCUT2D eigenvalue weighted by Crippen LogP contribution is -2.68. The maximum atomic E-state index is 13.9. The number of rotatable bonds is 7. The van der Waals surface area contributed by atoms with Gasteiger partial charge in [-0.15, -0.1) is 0 Å². The van der Waals surface area contributed by atoms with Gasteiger partial charge in [0.1, 0.15) is 0 Å². The number of carboxylic acid groups (broad SMARTS) is 1. The third kappa shape index (κ3) is 5.39. The van der Waals surface area contributed by atoms with Crippen molar-refractivity contribution in [3.63, 3.8) is 0 Å². The van der Waals surface area contributed by atoms with Gasteiger partial charge in [-0.2, -0.15) is 0 Å². The molecule has 0 bridgehead atoms. The molecule has 274 valence electrons. The molecule has 6 aliphatic rings. The molecule has 1 aliphatic heterocycles. The summed E-state index contributed by atoms with van der Waals surface area (Å²) in [6.45, 7) is 27.7. The van der Waals surface area contributed by atoms with Gasteiger partial charge in [-0.1, -0.05) is 71.9 Å². The summed E-state index contributed by atoms with van der Waals surface area (Å²) in [6, 6.07) is 7.58. The zero-order chi connectivity index (χ0) is 35.9. The van der Waals surface area contributed by atoms with E-state index in [1.54, 1.807) is 12.1 Å². The zero-order valence-corrected chi connectivity index (χ0v) is 32.2. The second-order valence-corrected chi connectivity index (χ2v) is 19.0. The summed E-state index contributed by atoms with van der Waals surface area (Å²) in [5.74, 6) is 2.12. The highest BCUT2D eigenvalue weighted by molar-refractivity contribution is 5.88. The quantitative estimate of drug-likeness (QED) is 0.282. The predicted octanol–water partition coefficient (Wildman–Crippen LogP) is 8.54. The molecule has 9 atom stereocenters. The van der Waals surface area contributed by atoms with Crippen LogP contribution in [-0.4, -0.2) is 71.6 Å². The fourth-order valence-electron chi connectivity index (χ4n) is 14.0. The maximum absolute atomic E-state index is 13.9. The van der Waals surface area contributed by atoms with Crippen molar-refractivity contribution in [2.45, 2.75) is 112 Å². The first kappa shape index (κ1) is 35.9. The molecular weight excluding hydrogens is 619 g/mol. The highest BCUT2D eigenvalue weighted by Gasteiger charge is 2.70. The Hall–Kier alpha value is -2.44. The van der Waals surface area contributed by atoms with Crippen molar-refractivity contribution < 1.29 is 14.7 Å². The molecule has 6 nitrogen and oxygen atoms in total. The summed E-state index contributed by atoms with van der Waals surface area (Å²) in [6.07, 6.45) is 13.1. The van der Waals surface area contributed by atoms with Gasteiger partial charge in [0.05, 0.1) is 12.1 Å². The zero-order valence-electron chi connectivity index (χ0n) is 32.2. The van der Waals surface area contributed by atoms with Crippen LogP contribution in [0.4, 0.5) is 0 Å². The van der Waals surface area contributed by atoms with Crippen LogP contribution in [0.25, 0.3) is 5.57 Å². The monoisotopic (exact) mass is 684 g/mol. The second kappa shape index (κ2) is 12.6. The molecule has 0 radical (unpaired) electrons. The first-order valence-electron chi connectivity index (χ1n) is 20.0. The summed E-state index contributed by atoms with van der Waals surface area (Å²) in [4.78, 5) is 30.3. The summed E-state index contributed by atoms with van der Waals surface area (Å²) in [5, 5.41) is 13.3. The first-order chi connectivity index (χ1) is 23.6. The molecule has 5 fully saturated rings. The number of nitrogens with one attached hydrogen (secondary N) is 1. The Morgan fingerprint density at radius 1 is 0.860 bits per heavy atom. The number of carboxylic acids is 1. The van der Waals surface area contributed by atoms with E-state index in [2.05, 4.69) is 76.2 Å². The Kier molecular flexibility index (Phi) is 9.06. The fraction of sp³-hybridized carbons (Fsp3) is 0.727. The summed E-state index contributed by atoms with van der Waals surface area (Å²) in [7, 11) is 0. The molecule has 1 saturated heterocycles. The second-order valence-electron chi connectivity index (χ2n) is 19.0. The van der Waals surface area contributed by atoms with Gasteiger partial charge in [-0.25, -0.2) is 4.79 Å². The Balaban J connectivity index is 1.15. The standard InChI is InChI=1S/C44H65N3O3/c1-9-46-24-26-47(27-25-46)28-37(48)45-44-21-16-32(29(2)3)38(44)34-14-15-36-41(6)19-17-33(30-10-12-31(13-11-30)39(49)50)40(4,5)35(41)18-20-43(36,8)42(34,7)22-23-44/h10-13,17,32,34-36,38H,2,9,14-16,18-28H2,1,3-8H3,(H,45,48)(H,49,50)/t32-,34+,35-,36+,38+,41-,42+,43+,44-/m0/s1. The topological polar surface area (TPSA) is 72.9 Å². The summed E-state index contributed by atoms with van der Waals surface area (Å²) < 4.78 is 0. The molecule has 0 unspecified atom stereocenters. The number of aromatic carboxylic acids is 1. The van der Waals surface area contributed by atoms with Crippen molar-refractivity contribution in [2.75, 3.05) is 39.3 Å². The Labute approximate surface area is 302 Å². The summed E-state index contributed by atoms with van der Waals surface area (Å²) in [5.41, 5.74) is 4.79. The molecule has 1 aromatic rings. The molecule has 0 aromatic heterocycles. The van der Waals surface area contributed by atoms with E-state index in [1.807, 2.05) is 12.1 Å². The molecule has 1 heterocycles. The van der Waals surface area contributed by atoms with Gasteiger partial charge in [0.2, 0.25) is 5.91 Å². The lowest BCUT2D eigenvalue weighted by Gasteiger charge is -2.72. The van der Waals surface area contributed by atoms with Crippen molar-refractivity contribution in [3.8, 4) is 0 Å². The van der Waals surface area contributed by atoms with E-state index in [-0.39, 0.29) is 33.1 Å². The van der Waals surface area contributed by atoms with Crippen LogP contribution in [0.2, 0.25) is 0 Å². The first-order valence-corrected chi connectivity index (χ1v) is 20.0. The van der Waals surface area contributed by atoms with Crippen LogP contribution < -0.4 is 5.32 Å². The minimum absolute atomic E-state index is 0.00249. The number of hydrogen-bond donors (Lipinski definition) is 2. The molecule has 50 heavy (non-hydrogen) atoms. The minimum Gasteiger partial charge on any atom is -0.478 e. The molecule has 2 N–H and O–H groups in total. The number of fused-ring (bicyclic) bond motifs is 7. The van der Waals surface area contributed by atoms with Crippen LogP contribution in [0.5, 0.6) is 0 Å². The van der Waals surface area contributed by atoms with Crippen LogP contribution >= 0.6 is 0 Å². The van der Waals surface area contributed by atoms with Crippen LogP contribution in [0, 0.1) is 51.2 Å². The van der Waals surface area contributed by atoms with E-state index in [4.69, 9.17) is 0 Å². The van der Waals surface area contributed by atoms with E-state index in [1.165, 1.54) is 48.8 Å². The third-order valence-corrected chi connectivity index (χ3v) is 16.8. The summed E-state index contributed by atoms with van der Waals surface area (Å²) >= 11 is 0. The number of carbonyl (C=O) groups excluding carboxylic acids is 1. The van der Waals surface area contributed by atoms with Gasteiger partial charge in [0, 0.05) is 31.7 Å².